The van der Waals surface area contributed by atoms with Crippen molar-refractivity contribution in [2.45, 2.75) is 13.2 Å². The van der Waals surface area contributed by atoms with E-state index < -0.39 is 6.09 Å². The number of ether oxygens (including phenoxy) is 1. The van der Waals surface area contributed by atoms with Crippen molar-refractivity contribution in [3.8, 4) is 11.3 Å². The number of rotatable bonds is 5. The van der Waals surface area contributed by atoms with Crippen LogP contribution < -0.4 is 5.32 Å². The van der Waals surface area contributed by atoms with Crippen LogP contribution in [0.5, 0.6) is 0 Å². The molecule has 3 heterocycles. The van der Waals surface area contributed by atoms with Gasteiger partial charge >= 0.3 is 6.09 Å². The summed E-state index contributed by atoms with van der Waals surface area (Å²) in [5, 5.41) is 6.67. The lowest BCUT2D eigenvalue weighted by Gasteiger charge is -2.09. The Kier molecular flexibility index (Phi) is 4.90. The molecule has 1 N–H and O–H groups in total. The molecule has 6 nitrogen and oxygen atoms in total. The predicted molar refractivity (Wildman–Crippen MR) is 86.6 cm³/mol. The van der Waals surface area contributed by atoms with Crippen molar-refractivity contribution in [2.75, 3.05) is 0 Å². The second kappa shape index (κ2) is 7.46. The maximum absolute atomic E-state index is 11.8. The Hall–Kier alpha value is -2.80. The molecule has 0 spiro atoms. The summed E-state index contributed by atoms with van der Waals surface area (Å²) in [7, 11) is 0. The number of nitrogens with zero attached hydrogens (tertiary/aromatic N) is 3. The van der Waals surface area contributed by atoms with Crippen molar-refractivity contribution in [3.05, 3.63) is 65.0 Å². The first kappa shape index (κ1) is 15.1. The van der Waals surface area contributed by atoms with Crippen LogP contribution in [0.25, 0.3) is 11.3 Å². The zero-order chi connectivity index (χ0) is 15.9. The van der Waals surface area contributed by atoms with Gasteiger partial charge in [0.1, 0.15) is 6.61 Å². The number of hydrogen-bond acceptors (Lipinski definition) is 6. The van der Waals surface area contributed by atoms with Gasteiger partial charge in [0.25, 0.3) is 0 Å². The number of amides is 1. The Labute approximate surface area is 137 Å². The second-order valence-corrected chi connectivity index (χ2v) is 5.43. The summed E-state index contributed by atoms with van der Waals surface area (Å²) in [6.45, 7) is 0.459. The molecule has 0 bridgehead atoms. The van der Waals surface area contributed by atoms with Gasteiger partial charge in [-0.1, -0.05) is 0 Å². The number of hydrogen-bond donors (Lipinski definition) is 1. The van der Waals surface area contributed by atoms with Crippen LogP contribution in [0, 0.1) is 0 Å². The maximum atomic E-state index is 11.8. The van der Waals surface area contributed by atoms with Gasteiger partial charge in [0.2, 0.25) is 0 Å². The molecule has 0 radical (unpaired) electrons. The summed E-state index contributed by atoms with van der Waals surface area (Å²) in [5.41, 5.74) is 3.34. The molecule has 0 aliphatic rings. The predicted octanol–water partition coefficient (Wildman–Crippen LogP) is 3.03. The molecule has 1 amide bonds. The number of thiophene rings is 1. The number of carbonyl (C=O) groups is 1. The molecule has 0 aromatic carbocycles. The van der Waals surface area contributed by atoms with Gasteiger partial charge in [0.05, 0.1) is 17.9 Å². The molecule has 3 aromatic rings. The molecule has 3 rings (SSSR count). The lowest BCUT2D eigenvalue weighted by molar-refractivity contribution is 0.139. The van der Waals surface area contributed by atoms with E-state index in [2.05, 4.69) is 20.3 Å². The molecule has 0 atom stereocenters. The highest BCUT2D eigenvalue weighted by Gasteiger charge is 2.10. The first-order chi connectivity index (χ1) is 11.3. The van der Waals surface area contributed by atoms with Crippen molar-refractivity contribution in [3.63, 3.8) is 0 Å². The Morgan fingerprint density at radius 1 is 1.13 bits per heavy atom. The molecule has 0 unspecified atom stereocenters. The highest BCUT2D eigenvalue weighted by Crippen LogP contribution is 2.22. The normalized spacial score (nSPS) is 10.3. The zero-order valence-electron chi connectivity index (χ0n) is 12.2. The Morgan fingerprint density at radius 2 is 1.96 bits per heavy atom. The van der Waals surface area contributed by atoms with Crippen molar-refractivity contribution < 1.29 is 9.53 Å². The van der Waals surface area contributed by atoms with Crippen LogP contribution in [0.4, 0.5) is 4.79 Å². The van der Waals surface area contributed by atoms with Gasteiger partial charge in [0.15, 0.2) is 0 Å². The number of alkyl carbamates (subject to hydrolysis) is 1. The Balaban J connectivity index is 1.57. The standard InChI is InChI=1S/C16H14N4O2S/c21-16(22-10-12-1-4-17-5-2-12)20-9-14-15(19-7-6-18-14)13-3-8-23-11-13/h1-8,11H,9-10H2,(H,20,21). The van der Waals surface area contributed by atoms with Gasteiger partial charge in [-0.15, -0.1) is 0 Å². The molecule has 3 aromatic heterocycles. The zero-order valence-corrected chi connectivity index (χ0v) is 13.0. The lowest BCUT2D eigenvalue weighted by Crippen LogP contribution is -2.24. The monoisotopic (exact) mass is 326 g/mol. The molecule has 0 saturated carbocycles. The molecular formula is C16H14N4O2S. The summed E-state index contributed by atoms with van der Waals surface area (Å²) in [6, 6.07) is 5.56. The van der Waals surface area contributed by atoms with Gasteiger partial charge < -0.3 is 10.1 Å². The molecular weight excluding hydrogens is 312 g/mol. The highest BCUT2D eigenvalue weighted by atomic mass is 32.1. The van der Waals surface area contributed by atoms with Crippen LogP contribution in [-0.2, 0) is 17.9 Å². The average Bonchev–Trinajstić information content (AvgIpc) is 3.14. The summed E-state index contributed by atoms with van der Waals surface area (Å²) in [6.07, 6.45) is 6.06. The first-order valence-corrected chi connectivity index (χ1v) is 7.89. The topological polar surface area (TPSA) is 77.0 Å². The summed E-state index contributed by atoms with van der Waals surface area (Å²) in [4.78, 5) is 24.3. The third kappa shape index (κ3) is 4.10. The minimum Gasteiger partial charge on any atom is -0.445 e. The highest BCUT2D eigenvalue weighted by molar-refractivity contribution is 7.08. The van der Waals surface area contributed by atoms with Gasteiger partial charge in [-0.25, -0.2) is 4.79 Å². The number of pyridine rings is 1. The van der Waals surface area contributed by atoms with Crippen molar-refractivity contribution in [1.82, 2.24) is 20.3 Å². The van der Waals surface area contributed by atoms with E-state index in [0.29, 0.717) is 5.69 Å². The quantitative estimate of drug-likeness (QED) is 0.780. The fourth-order valence-corrected chi connectivity index (χ4v) is 2.61. The summed E-state index contributed by atoms with van der Waals surface area (Å²) >= 11 is 1.59. The van der Waals surface area contributed by atoms with Crippen LogP contribution in [0.15, 0.2) is 53.7 Å². The lowest BCUT2D eigenvalue weighted by atomic mass is 10.2. The fraction of sp³-hybridized carbons (Fsp3) is 0.125. The van der Waals surface area contributed by atoms with E-state index in [9.17, 15) is 4.79 Å². The number of carbonyl (C=O) groups excluding carboxylic acids is 1. The maximum Gasteiger partial charge on any atom is 0.407 e. The summed E-state index contributed by atoms with van der Waals surface area (Å²) in [5.74, 6) is 0. The van der Waals surface area contributed by atoms with Crippen LogP contribution in [0.2, 0.25) is 0 Å². The fourth-order valence-electron chi connectivity index (χ4n) is 1.97. The Morgan fingerprint density at radius 3 is 2.74 bits per heavy atom. The number of aromatic nitrogens is 3. The van der Waals surface area contributed by atoms with Crippen LogP contribution in [0.3, 0.4) is 0 Å². The van der Waals surface area contributed by atoms with E-state index >= 15 is 0 Å². The van der Waals surface area contributed by atoms with Crippen molar-refractivity contribution in [2.24, 2.45) is 0 Å². The van der Waals surface area contributed by atoms with Gasteiger partial charge in [-0.2, -0.15) is 11.3 Å². The molecule has 0 aliphatic heterocycles. The SMILES string of the molecule is O=C(NCc1nccnc1-c1ccsc1)OCc1ccncc1. The summed E-state index contributed by atoms with van der Waals surface area (Å²) < 4.78 is 5.16. The Bertz CT molecular complexity index is 763. The molecule has 7 heteroatoms. The molecule has 0 aliphatic carbocycles. The van der Waals surface area contributed by atoms with E-state index in [4.69, 9.17) is 4.74 Å². The van der Waals surface area contributed by atoms with Crippen LogP contribution in [-0.4, -0.2) is 21.0 Å². The smallest absolute Gasteiger partial charge is 0.407 e. The average molecular weight is 326 g/mol. The van der Waals surface area contributed by atoms with Crippen LogP contribution >= 0.6 is 11.3 Å². The second-order valence-electron chi connectivity index (χ2n) is 4.65. The molecule has 23 heavy (non-hydrogen) atoms. The van der Waals surface area contributed by atoms with E-state index in [1.165, 1.54) is 0 Å². The minimum atomic E-state index is -0.497. The van der Waals surface area contributed by atoms with Crippen molar-refractivity contribution in [1.29, 1.82) is 0 Å². The van der Waals surface area contributed by atoms with E-state index in [1.807, 2.05) is 16.8 Å². The molecule has 0 fully saturated rings. The van der Waals surface area contributed by atoms with E-state index in [0.717, 1.165) is 16.8 Å². The largest absolute Gasteiger partial charge is 0.445 e. The van der Waals surface area contributed by atoms with Crippen molar-refractivity contribution >= 4 is 17.4 Å². The van der Waals surface area contributed by atoms with Gasteiger partial charge in [-0.3, -0.25) is 15.0 Å². The third-order valence-electron chi connectivity index (χ3n) is 3.09. The molecule has 116 valence electrons. The minimum absolute atomic E-state index is 0.201. The third-order valence-corrected chi connectivity index (χ3v) is 3.77. The first-order valence-electron chi connectivity index (χ1n) is 6.95. The van der Waals surface area contributed by atoms with Gasteiger partial charge in [0, 0.05) is 35.7 Å². The van der Waals surface area contributed by atoms with Gasteiger partial charge in [-0.05, 0) is 29.1 Å². The van der Waals surface area contributed by atoms with E-state index in [-0.39, 0.29) is 13.2 Å². The van der Waals surface area contributed by atoms with Crippen LogP contribution in [0.1, 0.15) is 11.3 Å². The number of nitrogens with one attached hydrogen (secondary N) is 1. The van der Waals surface area contributed by atoms with E-state index in [1.54, 1.807) is 48.3 Å². The molecule has 0 saturated heterocycles.